The van der Waals surface area contributed by atoms with Crippen LogP contribution in [0.4, 0.5) is 5.69 Å². The second-order valence-corrected chi connectivity index (χ2v) is 8.01. The number of anilines is 1. The highest BCUT2D eigenvalue weighted by molar-refractivity contribution is 7.99. The third-order valence-electron chi connectivity index (χ3n) is 3.71. The Morgan fingerprint density at radius 3 is 2.43 bits per heavy atom. The van der Waals surface area contributed by atoms with Crippen LogP contribution in [-0.4, -0.2) is 21.6 Å². The molecule has 1 heterocycles. The minimum absolute atomic E-state index is 0.195. The number of amides is 1. The van der Waals surface area contributed by atoms with E-state index in [9.17, 15) is 4.79 Å². The van der Waals surface area contributed by atoms with Crippen molar-refractivity contribution in [2.45, 2.75) is 28.8 Å². The minimum atomic E-state index is -0.195. The van der Waals surface area contributed by atoms with E-state index in [1.54, 1.807) is 6.07 Å². The number of nitriles is 1. The second kappa shape index (κ2) is 9.40. The lowest BCUT2D eigenvalue weighted by Crippen LogP contribution is -2.12. The van der Waals surface area contributed by atoms with Crippen LogP contribution in [-0.2, 0) is 0 Å². The molecule has 5 nitrogen and oxygen atoms in total. The number of aromatic nitrogens is 2. The average molecular weight is 407 g/mol. The first-order valence-electron chi connectivity index (χ1n) is 8.55. The third-order valence-corrected chi connectivity index (χ3v) is 5.52. The second-order valence-electron chi connectivity index (χ2n) is 5.96. The number of benzene rings is 2. The molecule has 0 bridgehead atoms. The fourth-order valence-corrected chi connectivity index (χ4v) is 4.11. The average Bonchev–Trinajstić information content (AvgIpc) is 2.67. The monoisotopic (exact) mass is 406 g/mol. The van der Waals surface area contributed by atoms with E-state index in [4.69, 9.17) is 5.26 Å². The molecule has 3 rings (SSSR count). The predicted octanol–water partition coefficient (Wildman–Crippen LogP) is 5.11. The molecule has 0 spiro atoms. The predicted molar refractivity (Wildman–Crippen MR) is 113 cm³/mol. The van der Waals surface area contributed by atoms with Crippen LogP contribution in [0.2, 0.25) is 0 Å². The van der Waals surface area contributed by atoms with Gasteiger partial charge in [-0.1, -0.05) is 12.1 Å². The third kappa shape index (κ3) is 5.35. The van der Waals surface area contributed by atoms with E-state index in [0.29, 0.717) is 22.2 Å². The normalized spacial score (nSPS) is 10.3. The Bertz CT molecular complexity index is 1010. The summed E-state index contributed by atoms with van der Waals surface area (Å²) < 4.78 is 0. The quantitative estimate of drug-likeness (QED) is 0.452. The molecule has 2 aromatic carbocycles. The number of hydrogen-bond acceptors (Lipinski definition) is 6. The minimum Gasteiger partial charge on any atom is -0.322 e. The number of carbonyl (C=O) groups is 1. The largest absolute Gasteiger partial charge is 0.322 e. The lowest BCUT2D eigenvalue weighted by atomic mass is 10.2. The molecule has 0 aliphatic carbocycles. The van der Waals surface area contributed by atoms with Gasteiger partial charge in [-0.3, -0.25) is 4.79 Å². The van der Waals surface area contributed by atoms with Gasteiger partial charge in [0.25, 0.3) is 5.91 Å². The van der Waals surface area contributed by atoms with Gasteiger partial charge in [-0.25, -0.2) is 9.97 Å². The van der Waals surface area contributed by atoms with Crippen molar-refractivity contribution in [3.05, 3.63) is 71.5 Å². The fourth-order valence-electron chi connectivity index (χ4n) is 2.54. The Hall–Kier alpha value is -2.82. The fraction of sp³-hybridized carbons (Fsp3) is 0.143. The van der Waals surface area contributed by atoms with Gasteiger partial charge in [-0.05, 0) is 68.1 Å². The molecule has 1 amide bonds. The summed E-state index contributed by atoms with van der Waals surface area (Å²) in [5.74, 6) is 0.107. The Morgan fingerprint density at radius 1 is 1.07 bits per heavy atom. The molecule has 28 heavy (non-hydrogen) atoms. The van der Waals surface area contributed by atoms with Gasteiger partial charge < -0.3 is 5.32 Å². The topological polar surface area (TPSA) is 78.7 Å². The van der Waals surface area contributed by atoms with Crippen LogP contribution in [0.1, 0.15) is 21.7 Å². The standard InChI is InChI=1S/C21H18N4OS2/c1-14-13-15(2)24-21(23-14)28-17-9-7-16(8-10-17)25-20(26)18-5-3-4-6-19(18)27-12-11-22/h3-10,13H,12H2,1-2H3,(H,25,26). The summed E-state index contributed by atoms with van der Waals surface area (Å²) in [5, 5.41) is 12.4. The Labute approximate surface area is 172 Å². The molecule has 7 heteroatoms. The molecular weight excluding hydrogens is 388 g/mol. The summed E-state index contributed by atoms with van der Waals surface area (Å²) in [5.41, 5.74) is 3.14. The molecule has 0 aliphatic heterocycles. The van der Waals surface area contributed by atoms with Crippen molar-refractivity contribution in [1.82, 2.24) is 9.97 Å². The van der Waals surface area contributed by atoms with Gasteiger partial charge in [-0.2, -0.15) is 5.26 Å². The zero-order valence-electron chi connectivity index (χ0n) is 15.5. The van der Waals surface area contributed by atoms with Crippen molar-refractivity contribution in [3.63, 3.8) is 0 Å². The SMILES string of the molecule is Cc1cc(C)nc(Sc2ccc(NC(=O)c3ccccc3SCC#N)cc2)n1. The van der Waals surface area contributed by atoms with Crippen LogP contribution in [0.25, 0.3) is 0 Å². The number of nitrogens with zero attached hydrogens (tertiary/aromatic N) is 3. The van der Waals surface area contributed by atoms with Crippen molar-refractivity contribution in [2.24, 2.45) is 0 Å². The van der Waals surface area contributed by atoms with Crippen LogP contribution in [0.15, 0.2) is 69.5 Å². The van der Waals surface area contributed by atoms with Crippen LogP contribution < -0.4 is 5.32 Å². The summed E-state index contributed by atoms with van der Waals surface area (Å²) in [7, 11) is 0. The summed E-state index contributed by atoms with van der Waals surface area (Å²) in [6, 6.07) is 18.9. The number of nitrogens with one attached hydrogen (secondary N) is 1. The van der Waals surface area contributed by atoms with Crippen LogP contribution in [0.3, 0.4) is 0 Å². The molecule has 3 aromatic rings. The Balaban J connectivity index is 1.69. The van der Waals surface area contributed by atoms with Crippen molar-refractivity contribution in [3.8, 4) is 6.07 Å². The van der Waals surface area contributed by atoms with Gasteiger partial charge in [0.2, 0.25) is 0 Å². The van der Waals surface area contributed by atoms with E-state index in [1.807, 2.05) is 62.4 Å². The zero-order chi connectivity index (χ0) is 19.9. The molecule has 0 saturated heterocycles. The first kappa shape index (κ1) is 19.9. The van der Waals surface area contributed by atoms with Crippen molar-refractivity contribution in [2.75, 3.05) is 11.1 Å². The van der Waals surface area contributed by atoms with E-state index in [1.165, 1.54) is 23.5 Å². The highest BCUT2D eigenvalue weighted by atomic mass is 32.2. The lowest BCUT2D eigenvalue weighted by molar-refractivity contribution is 0.102. The maximum absolute atomic E-state index is 12.6. The molecule has 0 unspecified atom stereocenters. The van der Waals surface area contributed by atoms with Crippen molar-refractivity contribution < 1.29 is 4.79 Å². The smallest absolute Gasteiger partial charge is 0.256 e. The number of thioether (sulfide) groups is 1. The molecule has 1 N–H and O–H groups in total. The van der Waals surface area contributed by atoms with Crippen LogP contribution in [0.5, 0.6) is 0 Å². The van der Waals surface area contributed by atoms with Crippen LogP contribution >= 0.6 is 23.5 Å². The zero-order valence-corrected chi connectivity index (χ0v) is 17.1. The highest BCUT2D eigenvalue weighted by Crippen LogP contribution is 2.27. The molecule has 0 atom stereocenters. The highest BCUT2D eigenvalue weighted by Gasteiger charge is 2.12. The van der Waals surface area contributed by atoms with E-state index >= 15 is 0 Å². The van der Waals surface area contributed by atoms with Gasteiger partial charge in [-0.15, -0.1) is 11.8 Å². The van der Waals surface area contributed by atoms with E-state index in [0.717, 1.165) is 21.2 Å². The van der Waals surface area contributed by atoms with Crippen molar-refractivity contribution >= 4 is 35.1 Å². The number of hydrogen-bond donors (Lipinski definition) is 1. The maximum Gasteiger partial charge on any atom is 0.256 e. The summed E-state index contributed by atoms with van der Waals surface area (Å²) in [6.07, 6.45) is 0. The number of carbonyl (C=O) groups excluding carboxylic acids is 1. The Kier molecular flexibility index (Phi) is 6.69. The molecule has 0 aliphatic rings. The first-order valence-corrected chi connectivity index (χ1v) is 10.4. The Morgan fingerprint density at radius 2 is 1.75 bits per heavy atom. The van der Waals surface area contributed by atoms with Gasteiger partial charge >= 0.3 is 0 Å². The molecular formula is C21H18N4OS2. The molecule has 0 radical (unpaired) electrons. The number of rotatable bonds is 6. The van der Waals surface area contributed by atoms with Gasteiger partial charge in [0.1, 0.15) is 0 Å². The van der Waals surface area contributed by atoms with Gasteiger partial charge in [0.05, 0.1) is 17.4 Å². The summed E-state index contributed by atoms with van der Waals surface area (Å²) >= 11 is 2.84. The lowest BCUT2D eigenvalue weighted by Gasteiger charge is -2.09. The first-order chi connectivity index (χ1) is 13.5. The molecule has 140 valence electrons. The molecule has 0 saturated carbocycles. The van der Waals surface area contributed by atoms with Gasteiger partial charge in [0, 0.05) is 26.9 Å². The molecule has 0 fully saturated rings. The number of aryl methyl sites for hydroxylation is 2. The summed E-state index contributed by atoms with van der Waals surface area (Å²) in [4.78, 5) is 23.3. The van der Waals surface area contributed by atoms with E-state index in [-0.39, 0.29) is 5.91 Å². The van der Waals surface area contributed by atoms with E-state index < -0.39 is 0 Å². The maximum atomic E-state index is 12.6. The van der Waals surface area contributed by atoms with Crippen molar-refractivity contribution in [1.29, 1.82) is 5.26 Å². The van der Waals surface area contributed by atoms with E-state index in [2.05, 4.69) is 21.4 Å². The molecule has 1 aromatic heterocycles. The summed E-state index contributed by atoms with van der Waals surface area (Å²) in [6.45, 7) is 3.90. The van der Waals surface area contributed by atoms with Gasteiger partial charge in [0.15, 0.2) is 5.16 Å². The van der Waals surface area contributed by atoms with Crippen LogP contribution in [0, 0.1) is 25.2 Å².